The molecule has 1 rings (SSSR count). The zero-order chi connectivity index (χ0) is 12.0. The van der Waals surface area contributed by atoms with Gasteiger partial charge in [0.2, 0.25) is 5.76 Å². The molecule has 0 amide bonds. The van der Waals surface area contributed by atoms with Crippen LogP contribution in [0.1, 0.15) is 22.7 Å². The van der Waals surface area contributed by atoms with Gasteiger partial charge >= 0.3 is 5.97 Å². The number of rotatable bonds is 7. The van der Waals surface area contributed by atoms with E-state index in [0.29, 0.717) is 12.3 Å². The largest absolute Gasteiger partial charge is 0.475 e. The van der Waals surface area contributed by atoms with E-state index in [0.717, 1.165) is 19.5 Å². The number of nitrogens with one attached hydrogen (secondary N) is 1. The molecular weight excluding hydrogens is 208 g/mol. The average molecular weight is 226 g/mol. The van der Waals surface area contributed by atoms with Crippen LogP contribution in [0.15, 0.2) is 16.5 Å². The molecule has 0 aliphatic carbocycles. The van der Waals surface area contributed by atoms with Crippen molar-refractivity contribution in [3.63, 3.8) is 0 Å². The van der Waals surface area contributed by atoms with Gasteiger partial charge in [0.15, 0.2) is 0 Å². The Bertz CT molecular complexity index is 334. The summed E-state index contributed by atoms with van der Waals surface area (Å²) in [4.78, 5) is 12.7. The number of hydrogen-bond acceptors (Lipinski definition) is 4. The average Bonchev–Trinajstić information content (AvgIpc) is 2.65. The van der Waals surface area contributed by atoms with E-state index in [1.807, 2.05) is 14.1 Å². The molecule has 0 bridgehead atoms. The summed E-state index contributed by atoms with van der Waals surface area (Å²) in [6, 6.07) is 3.15. The number of carboxylic acid groups (broad SMARTS) is 1. The summed E-state index contributed by atoms with van der Waals surface area (Å²) >= 11 is 0. The summed E-state index contributed by atoms with van der Waals surface area (Å²) in [6.07, 6.45) is 1.06. The smallest absolute Gasteiger partial charge is 0.371 e. The fourth-order valence-electron chi connectivity index (χ4n) is 1.32. The molecule has 0 spiro atoms. The highest BCUT2D eigenvalue weighted by atomic mass is 16.4. The lowest BCUT2D eigenvalue weighted by Gasteiger charge is -2.08. The van der Waals surface area contributed by atoms with E-state index < -0.39 is 5.97 Å². The van der Waals surface area contributed by atoms with Gasteiger partial charge in [0.25, 0.3) is 0 Å². The van der Waals surface area contributed by atoms with Crippen molar-refractivity contribution in [3.8, 4) is 0 Å². The maximum absolute atomic E-state index is 10.5. The van der Waals surface area contributed by atoms with Crippen molar-refractivity contribution >= 4 is 5.97 Å². The van der Waals surface area contributed by atoms with Gasteiger partial charge in [-0.2, -0.15) is 0 Å². The van der Waals surface area contributed by atoms with Gasteiger partial charge in [-0.05, 0) is 45.7 Å². The van der Waals surface area contributed by atoms with E-state index in [1.54, 1.807) is 6.07 Å². The molecule has 5 nitrogen and oxygen atoms in total. The van der Waals surface area contributed by atoms with Gasteiger partial charge in [0.05, 0.1) is 6.54 Å². The molecule has 16 heavy (non-hydrogen) atoms. The Morgan fingerprint density at radius 2 is 2.25 bits per heavy atom. The molecule has 0 aromatic carbocycles. The van der Waals surface area contributed by atoms with E-state index in [4.69, 9.17) is 9.52 Å². The molecule has 2 N–H and O–H groups in total. The molecule has 0 radical (unpaired) electrons. The van der Waals surface area contributed by atoms with Gasteiger partial charge in [-0.1, -0.05) is 0 Å². The molecule has 0 aliphatic rings. The van der Waals surface area contributed by atoms with Crippen LogP contribution in [0.2, 0.25) is 0 Å². The molecule has 0 aliphatic heterocycles. The molecular formula is C11H18N2O3. The fraction of sp³-hybridized carbons (Fsp3) is 0.545. The minimum atomic E-state index is -1.03. The molecule has 90 valence electrons. The third-order valence-corrected chi connectivity index (χ3v) is 2.13. The molecule has 1 heterocycles. The first-order chi connectivity index (χ1) is 7.59. The Kier molecular flexibility index (Phi) is 5.01. The minimum Gasteiger partial charge on any atom is -0.475 e. The number of hydrogen-bond donors (Lipinski definition) is 2. The van der Waals surface area contributed by atoms with Gasteiger partial charge in [0, 0.05) is 0 Å². The van der Waals surface area contributed by atoms with Crippen LogP contribution in [0.4, 0.5) is 0 Å². The maximum Gasteiger partial charge on any atom is 0.371 e. The van der Waals surface area contributed by atoms with E-state index in [9.17, 15) is 4.79 Å². The second-order valence-corrected chi connectivity index (χ2v) is 3.90. The van der Waals surface area contributed by atoms with Crippen molar-refractivity contribution < 1.29 is 14.3 Å². The van der Waals surface area contributed by atoms with Crippen molar-refractivity contribution in [1.82, 2.24) is 10.2 Å². The third kappa shape index (κ3) is 4.46. The quantitative estimate of drug-likeness (QED) is 0.679. The van der Waals surface area contributed by atoms with Crippen LogP contribution < -0.4 is 5.32 Å². The van der Waals surface area contributed by atoms with Crippen molar-refractivity contribution in [2.45, 2.75) is 13.0 Å². The Hall–Kier alpha value is -1.33. The number of carbonyl (C=O) groups is 1. The second-order valence-electron chi connectivity index (χ2n) is 3.90. The van der Waals surface area contributed by atoms with E-state index in [1.165, 1.54) is 6.07 Å². The molecule has 0 saturated heterocycles. The molecule has 0 fully saturated rings. The lowest BCUT2D eigenvalue weighted by atomic mass is 10.4. The number of furan rings is 1. The van der Waals surface area contributed by atoms with Gasteiger partial charge in [-0.3, -0.25) is 0 Å². The van der Waals surface area contributed by atoms with Crippen molar-refractivity contribution in [3.05, 3.63) is 23.7 Å². The first kappa shape index (κ1) is 12.7. The number of carboxylic acids is 1. The third-order valence-electron chi connectivity index (χ3n) is 2.13. The summed E-state index contributed by atoms with van der Waals surface area (Å²) in [5.41, 5.74) is 0. The topological polar surface area (TPSA) is 65.7 Å². The first-order valence-electron chi connectivity index (χ1n) is 5.27. The molecule has 0 atom stereocenters. The Morgan fingerprint density at radius 3 is 2.81 bits per heavy atom. The Balaban J connectivity index is 2.19. The predicted octanol–water partition coefficient (Wildman–Crippen LogP) is 1.02. The second kappa shape index (κ2) is 6.30. The van der Waals surface area contributed by atoms with E-state index >= 15 is 0 Å². The zero-order valence-electron chi connectivity index (χ0n) is 9.69. The van der Waals surface area contributed by atoms with Gasteiger partial charge in [0.1, 0.15) is 5.76 Å². The van der Waals surface area contributed by atoms with E-state index in [2.05, 4.69) is 10.2 Å². The van der Waals surface area contributed by atoms with Gasteiger partial charge < -0.3 is 19.7 Å². The molecule has 0 saturated carbocycles. The fourth-order valence-corrected chi connectivity index (χ4v) is 1.32. The molecule has 1 aromatic rings. The van der Waals surface area contributed by atoms with Crippen LogP contribution in [0.5, 0.6) is 0 Å². The number of nitrogens with zero attached hydrogens (tertiary/aromatic N) is 1. The first-order valence-corrected chi connectivity index (χ1v) is 5.27. The number of aromatic carboxylic acids is 1. The van der Waals surface area contributed by atoms with Crippen LogP contribution in [0, 0.1) is 0 Å². The lowest BCUT2D eigenvalue weighted by molar-refractivity contribution is 0.0660. The Morgan fingerprint density at radius 1 is 1.50 bits per heavy atom. The van der Waals surface area contributed by atoms with Crippen molar-refractivity contribution in [2.75, 3.05) is 27.2 Å². The molecule has 1 aromatic heterocycles. The normalized spacial score (nSPS) is 10.9. The highest BCUT2D eigenvalue weighted by Crippen LogP contribution is 2.07. The SMILES string of the molecule is CN(C)CCCNCc1ccc(C(=O)O)o1. The van der Waals surface area contributed by atoms with E-state index in [-0.39, 0.29) is 5.76 Å². The van der Waals surface area contributed by atoms with Crippen molar-refractivity contribution in [2.24, 2.45) is 0 Å². The standard InChI is InChI=1S/C11H18N2O3/c1-13(2)7-3-6-12-8-9-4-5-10(16-9)11(14)15/h4-5,12H,3,6-8H2,1-2H3,(H,14,15). The van der Waals surface area contributed by atoms with Crippen LogP contribution in [-0.2, 0) is 6.54 Å². The van der Waals surface area contributed by atoms with Gasteiger partial charge in [-0.15, -0.1) is 0 Å². The maximum atomic E-state index is 10.5. The van der Waals surface area contributed by atoms with Crippen LogP contribution in [0.3, 0.4) is 0 Å². The molecule has 5 heteroatoms. The summed E-state index contributed by atoms with van der Waals surface area (Å²) < 4.78 is 5.10. The summed E-state index contributed by atoms with van der Waals surface area (Å²) in [5, 5.41) is 11.8. The highest BCUT2D eigenvalue weighted by Gasteiger charge is 2.07. The summed E-state index contributed by atoms with van der Waals surface area (Å²) in [7, 11) is 4.07. The summed E-state index contributed by atoms with van der Waals surface area (Å²) in [5.74, 6) is -0.383. The van der Waals surface area contributed by atoms with Gasteiger partial charge in [-0.25, -0.2) is 4.79 Å². The summed E-state index contributed by atoms with van der Waals surface area (Å²) in [6.45, 7) is 2.49. The lowest BCUT2D eigenvalue weighted by Crippen LogP contribution is -2.20. The highest BCUT2D eigenvalue weighted by molar-refractivity contribution is 5.84. The van der Waals surface area contributed by atoms with Crippen LogP contribution in [-0.4, -0.2) is 43.2 Å². The zero-order valence-corrected chi connectivity index (χ0v) is 9.69. The Labute approximate surface area is 95.0 Å². The molecule has 0 unspecified atom stereocenters. The minimum absolute atomic E-state index is 0.00917. The van der Waals surface area contributed by atoms with Crippen LogP contribution >= 0.6 is 0 Å². The monoisotopic (exact) mass is 226 g/mol. The predicted molar refractivity (Wildman–Crippen MR) is 60.5 cm³/mol. The van der Waals surface area contributed by atoms with Crippen molar-refractivity contribution in [1.29, 1.82) is 0 Å². The van der Waals surface area contributed by atoms with Crippen LogP contribution in [0.25, 0.3) is 0 Å².